The van der Waals surface area contributed by atoms with Gasteiger partial charge in [0.1, 0.15) is 11.8 Å². The van der Waals surface area contributed by atoms with Gasteiger partial charge in [-0.15, -0.1) is 0 Å². The number of hydrogen-bond donors (Lipinski definition) is 1. The normalized spacial score (nSPS) is 24.6. The molecule has 0 amide bonds. The molecule has 1 aromatic heterocycles. The second-order valence-electron chi connectivity index (χ2n) is 3.77. The van der Waals surface area contributed by atoms with Crippen LogP contribution in [-0.2, 0) is 6.54 Å². The first kappa shape index (κ1) is 9.29. The minimum absolute atomic E-state index is 0.393. The number of hydrogen-bond acceptors (Lipinski definition) is 3. The van der Waals surface area contributed by atoms with Crippen molar-refractivity contribution in [2.75, 3.05) is 0 Å². The standard InChI is InChI=1S/C11H14N2O/c1-2-8-5-11(8)13-7-10-4-3-9(6-12)14-10/h3-4,8,11,13H,2,5,7H2,1H3. The molecule has 0 radical (unpaired) electrons. The van der Waals surface area contributed by atoms with Crippen molar-refractivity contribution >= 4 is 0 Å². The minimum atomic E-state index is 0.393. The molecule has 1 N–H and O–H groups in total. The van der Waals surface area contributed by atoms with E-state index in [2.05, 4.69) is 12.2 Å². The fourth-order valence-corrected chi connectivity index (χ4v) is 1.71. The maximum absolute atomic E-state index is 8.56. The Morgan fingerprint density at radius 2 is 2.50 bits per heavy atom. The average molecular weight is 190 g/mol. The third kappa shape index (κ3) is 1.97. The maximum Gasteiger partial charge on any atom is 0.203 e. The molecule has 1 fully saturated rings. The molecule has 1 heterocycles. The summed E-state index contributed by atoms with van der Waals surface area (Å²) in [5, 5.41) is 12.0. The van der Waals surface area contributed by atoms with E-state index in [9.17, 15) is 0 Å². The highest BCUT2D eigenvalue weighted by Gasteiger charge is 2.34. The Bertz CT molecular complexity index is 350. The molecule has 74 valence electrons. The van der Waals surface area contributed by atoms with Gasteiger partial charge < -0.3 is 9.73 Å². The van der Waals surface area contributed by atoms with Gasteiger partial charge in [-0.05, 0) is 24.5 Å². The first-order chi connectivity index (χ1) is 6.83. The predicted octanol–water partition coefficient (Wildman–Crippen LogP) is 2.04. The summed E-state index contributed by atoms with van der Waals surface area (Å²) in [6.45, 7) is 2.95. The summed E-state index contributed by atoms with van der Waals surface area (Å²) < 4.78 is 5.26. The molecular formula is C11H14N2O. The number of rotatable bonds is 4. The van der Waals surface area contributed by atoms with Gasteiger partial charge in [0.15, 0.2) is 0 Å². The average Bonchev–Trinajstić information content (AvgIpc) is 2.83. The number of furan rings is 1. The molecule has 2 rings (SSSR count). The Labute approximate surface area is 83.7 Å². The zero-order valence-electron chi connectivity index (χ0n) is 8.29. The van der Waals surface area contributed by atoms with Gasteiger partial charge in [0.25, 0.3) is 0 Å². The minimum Gasteiger partial charge on any atom is -0.449 e. The first-order valence-electron chi connectivity index (χ1n) is 5.05. The third-order valence-corrected chi connectivity index (χ3v) is 2.76. The van der Waals surface area contributed by atoms with Gasteiger partial charge in [0, 0.05) is 6.04 Å². The predicted molar refractivity (Wildman–Crippen MR) is 52.4 cm³/mol. The van der Waals surface area contributed by atoms with Gasteiger partial charge in [-0.2, -0.15) is 5.26 Å². The van der Waals surface area contributed by atoms with Crippen LogP contribution in [0.1, 0.15) is 31.3 Å². The van der Waals surface area contributed by atoms with Crippen molar-refractivity contribution in [3.63, 3.8) is 0 Å². The van der Waals surface area contributed by atoms with Crippen LogP contribution in [0.25, 0.3) is 0 Å². The topological polar surface area (TPSA) is 49.0 Å². The van der Waals surface area contributed by atoms with Crippen molar-refractivity contribution in [2.24, 2.45) is 5.92 Å². The molecule has 2 atom stereocenters. The van der Waals surface area contributed by atoms with E-state index >= 15 is 0 Å². The summed E-state index contributed by atoms with van der Waals surface area (Å²) in [7, 11) is 0. The molecule has 0 bridgehead atoms. The maximum atomic E-state index is 8.56. The number of nitriles is 1. The van der Waals surface area contributed by atoms with E-state index in [0.717, 1.165) is 18.2 Å². The molecule has 3 nitrogen and oxygen atoms in total. The number of nitrogens with one attached hydrogen (secondary N) is 1. The molecule has 1 aliphatic rings. The van der Waals surface area contributed by atoms with E-state index in [-0.39, 0.29) is 0 Å². The van der Waals surface area contributed by atoms with Crippen LogP contribution in [-0.4, -0.2) is 6.04 Å². The van der Waals surface area contributed by atoms with E-state index < -0.39 is 0 Å². The van der Waals surface area contributed by atoms with Crippen LogP contribution in [0.3, 0.4) is 0 Å². The van der Waals surface area contributed by atoms with Gasteiger partial charge in [0.2, 0.25) is 5.76 Å². The smallest absolute Gasteiger partial charge is 0.203 e. The molecule has 0 saturated heterocycles. The monoisotopic (exact) mass is 190 g/mol. The summed E-state index contributed by atoms with van der Waals surface area (Å²) in [6, 6.07) is 6.20. The van der Waals surface area contributed by atoms with Crippen molar-refractivity contribution in [1.29, 1.82) is 5.26 Å². The summed E-state index contributed by atoms with van der Waals surface area (Å²) in [6.07, 6.45) is 2.53. The van der Waals surface area contributed by atoms with Gasteiger partial charge in [-0.3, -0.25) is 0 Å². The van der Waals surface area contributed by atoms with Crippen molar-refractivity contribution < 1.29 is 4.42 Å². The van der Waals surface area contributed by atoms with Crippen LogP contribution in [0, 0.1) is 17.2 Å². The SMILES string of the molecule is CCC1CC1NCc1ccc(C#N)o1. The summed E-state index contributed by atoms with van der Waals surface area (Å²) >= 11 is 0. The quantitative estimate of drug-likeness (QED) is 0.790. The highest BCUT2D eigenvalue weighted by atomic mass is 16.3. The molecule has 2 unspecified atom stereocenters. The Balaban J connectivity index is 1.79. The van der Waals surface area contributed by atoms with Crippen molar-refractivity contribution in [2.45, 2.75) is 32.4 Å². The molecule has 0 spiro atoms. The highest BCUT2D eigenvalue weighted by Crippen LogP contribution is 2.33. The zero-order valence-corrected chi connectivity index (χ0v) is 8.29. The number of nitrogens with zero attached hydrogens (tertiary/aromatic N) is 1. The summed E-state index contributed by atoms with van der Waals surface area (Å²) in [5.41, 5.74) is 0. The van der Waals surface area contributed by atoms with E-state index in [1.54, 1.807) is 6.07 Å². The van der Waals surface area contributed by atoms with Crippen molar-refractivity contribution in [3.8, 4) is 6.07 Å². The molecule has 14 heavy (non-hydrogen) atoms. The lowest BCUT2D eigenvalue weighted by Gasteiger charge is -1.99. The highest BCUT2D eigenvalue weighted by molar-refractivity contribution is 5.19. The van der Waals surface area contributed by atoms with E-state index in [1.807, 2.05) is 12.1 Å². The second-order valence-corrected chi connectivity index (χ2v) is 3.77. The van der Waals surface area contributed by atoms with Gasteiger partial charge in [-0.25, -0.2) is 0 Å². The summed E-state index contributed by atoms with van der Waals surface area (Å²) in [5.74, 6) is 2.09. The van der Waals surface area contributed by atoms with E-state index in [1.165, 1.54) is 12.8 Å². The van der Waals surface area contributed by atoms with Crippen LogP contribution in [0.15, 0.2) is 16.5 Å². The molecule has 3 heteroatoms. The van der Waals surface area contributed by atoms with Crippen molar-refractivity contribution in [3.05, 3.63) is 23.7 Å². The Kier molecular flexibility index (Phi) is 2.55. The van der Waals surface area contributed by atoms with Crippen molar-refractivity contribution in [1.82, 2.24) is 5.32 Å². The molecule has 0 aromatic carbocycles. The van der Waals surface area contributed by atoms with Crippen LogP contribution in [0.5, 0.6) is 0 Å². The fourth-order valence-electron chi connectivity index (χ4n) is 1.71. The second kappa shape index (κ2) is 3.85. The Hall–Kier alpha value is -1.27. The van der Waals surface area contributed by atoms with E-state index in [0.29, 0.717) is 11.8 Å². The zero-order chi connectivity index (χ0) is 9.97. The largest absolute Gasteiger partial charge is 0.449 e. The third-order valence-electron chi connectivity index (χ3n) is 2.76. The lowest BCUT2D eigenvalue weighted by Crippen LogP contribution is -2.16. The molecule has 1 aromatic rings. The lowest BCUT2D eigenvalue weighted by atomic mass is 10.3. The fraction of sp³-hybridized carbons (Fsp3) is 0.545. The molecule has 1 saturated carbocycles. The van der Waals surface area contributed by atoms with E-state index in [4.69, 9.17) is 9.68 Å². The van der Waals surface area contributed by atoms with Gasteiger partial charge >= 0.3 is 0 Å². The summed E-state index contributed by atoms with van der Waals surface area (Å²) in [4.78, 5) is 0. The van der Waals surface area contributed by atoms with Crippen LogP contribution in [0.4, 0.5) is 0 Å². The molecule has 0 aliphatic heterocycles. The van der Waals surface area contributed by atoms with Crippen LogP contribution in [0.2, 0.25) is 0 Å². The lowest BCUT2D eigenvalue weighted by molar-refractivity contribution is 0.468. The van der Waals surface area contributed by atoms with Crippen LogP contribution >= 0.6 is 0 Å². The Morgan fingerprint density at radius 1 is 1.64 bits per heavy atom. The molecular weight excluding hydrogens is 176 g/mol. The van der Waals surface area contributed by atoms with Crippen LogP contribution < -0.4 is 5.32 Å². The molecule has 1 aliphatic carbocycles. The Morgan fingerprint density at radius 3 is 3.07 bits per heavy atom. The van der Waals surface area contributed by atoms with Gasteiger partial charge in [-0.1, -0.05) is 13.3 Å². The van der Waals surface area contributed by atoms with Gasteiger partial charge in [0.05, 0.1) is 6.54 Å². The first-order valence-corrected chi connectivity index (χ1v) is 5.05.